The number of hydrogen-bond acceptors (Lipinski definition) is 5. The van der Waals surface area contributed by atoms with E-state index in [4.69, 9.17) is 4.74 Å². The Morgan fingerprint density at radius 3 is 2.82 bits per heavy atom. The molecular formula is C22H16F4N4O2S. The maximum Gasteiger partial charge on any atom is 0.419 e. The van der Waals surface area contributed by atoms with Gasteiger partial charge in [-0.2, -0.15) is 17.6 Å². The van der Waals surface area contributed by atoms with Crippen LogP contribution in [-0.2, 0) is 17.4 Å². The van der Waals surface area contributed by atoms with E-state index < -0.39 is 42.0 Å². The average Bonchev–Trinajstić information content (AvgIpc) is 3.38. The van der Waals surface area contributed by atoms with Crippen LogP contribution >= 0.6 is 11.3 Å². The van der Waals surface area contributed by atoms with Crippen molar-refractivity contribution in [3.63, 3.8) is 0 Å². The molecule has 0 saturated carbocycles. The molecule has 1 unspecified atom stereocenters. The van der Waals surface area contributed by atoms with Gasteiger partial charge in [0.05, 0.1) is 17.0 Å². The fourth-order valence-electron chi connectivity index (χ4n) is 4.06. The van der Waals surface area contributed by atoms with Crippen molar-refractivity contribution in [3.05, 3.63) is 82.6 Å². The van der Waals surface area contributed by atoms with Crippen LogP contribution in [0, 0.1) is 5.95 Å². The summed E-state index contributed by atoms with van der Waals surface area (Å²) in [6.07, 6.45) is -1.10. The lowest BCUT2D eigenvalue weighted by Gasteiger charge is -2.35. The van der Waals surface area contributed by atoms with E-state index >= 15 is 0 Å². The highest BCUT2D eigenvalue weighted by molar-refractivity contribution is 7.15. The summed E-state index contributed by atoms with van der Waals surface area (Å²) in [5, 5.41) is 1.83. The van der Waals surface area contributed by atoms with Gasteiger partial charge in [0.25, 0.3) is 5.91 Å². The number of hydrogen-bond donors (Lipinski definition) is 0. The number of para-hydroxylation sites is 1. The summed E-state index contributed by atoms with van der Waals surface area (Å²) < 4.78 is 61.6. The molecular weight excluding hydrogens is 460 g/mol. The second kappa shape index (κ2) is 8.14. The summed E-state index contributed by atoms with van der Waals surface area (Å²) in [7, 11) is 0. The minimum atomic E-state index is -4.62. The van der Waals surface area contributed by atoms with Crippen LogP contribution in [0.1, 0.15) is 28.6 Å². The van der Waals surface area contributed by atoms with Crippen molar-refractivity contribution in [2.24, 2.45) is 0 Å². The van der Waals surface area contributed by atoms with Gasteiger partial charge < -0.3 is 9.64 Å². The van der Waals surface area contributed by atoms with Crippen molar-refractivity contribution in [1.82, 2.24) is 19.3 Å². The van der Waals surface area contributed by atoms with Crippen LogP contribution in [0.2, 0.25) is 0 Å². The zero-order valence-electron chi connectivity index (χ0n) is 16.9. The lowest BCUT2D eigenvalue weighted by Crippen LogP contribution is -2.43. The SMILES string of the molecule is O=C(COc1ccccc1C(F)(F)F)N1CCc2nc3sccn3c2C1c1cccnc1F. The Bertz CT molecular complexity index is 1330. The first-order chi connectivity index (χ1) is 15.8. The fraction of sp³-hybridized carbons (Fsp3) is 0.227. The van der Waals surface area contributed by atoms with Gasteiger partial charge in [0.2, 0.25) is 5.95 Å². The smallest absolute Gasteiger partial charge is 0.419 e. The van der Waals surface area contributed by atoms with Crippen LogP contribution in [0.3, 0.4) is 0 Å². The third-order valence-corrected chi connectivity index (χ3v) is 6.24. The third-order valence-electron chi connectivity index (χ3n) is 5.48. The number of nitrogens with zero attached hydrogens (tertiary/aromatic N) is 4. The number of halogens is 4. The molecule has 1 atom stereocenters. The maximum absolute atomic E-state index is 14.7. The van der Waals surface area contributed by atoms with Crippen LogP contribution in [0.15, 0.2) is 54.2 Å². The van der Waals surface area contributed by atoms with Gasteiger partial charge in [-0.05, 0) is 18.2 Å². The van der Waals surface area contributed by atoms with Crippen molar-refractivity contribution in [2.75, 3.05) is 13.2 Å². The molecule has 1 aliphatic heterocycles. The van der Waals surface area contributed by atoms with Gasteiger partial charge in [-0.3, -0.25) is 9.20 Å². The number of ether oxygens (including phenoxy) is 1. The van der Waals surface area contributed by atoms with Crippen LogP contribution < -0.4 is 4.74 Å². The Hall–Kier alpha value is -3.47. The highest BCUT2D eigenvalue weighted by Crippen LogP contribution is 2.38. The molecule has 1 aromatic carbocycles. The van der Waals surface area contributed by atoms with E-state index in [0.717, 1.165) is 17.8 Å². The lowest BCUT2D eigenvalue weighted by atomic mass is 9.96. The number of alkyl halides is 3. The van der Waals surface area contributed by atoms with E-state index in [9.17, 15) is 22.4 Å². The first kappa shape index (κ1) is 21.4. The van der Waals surface area contributed by atoms with Crippen LogP contribution in [0.5, 0.6) is 5.75 Å². The second-order valence-electron chi connectivity index (χ2n) is 7.41. The zero-order chi connectivity index (χ0) is 23.2. The normalized spacial score (nSPS) is 16.1. The number of amides is 1. The molecule has 0 bridgehead atoms. The van der Waals surface area contributed by atoms with E-state index in [1.807, 2.05) is 5.38 Å². The predicted octanol–water partition coefficient (Wildman–Crippen LogP) is 4.50. The van der Waals surface area contributed by atoms with E-state index in [0.29, 0.717) is 17.1 Å². The molecule has 170 valence electrons. The largest absolute Gasteiger partial charge is 0.483 e. The highest BCUT2D eigenvalue weighted by atomic mass is 32.1. The molecule has 0 radical (unpaired) electrons. The van der Waals surface area contributed by atoms with Crippen molar-refractivity contribution < 1.29 is 27.1 Å². The molecule has 11 heteroatoms. The minimum absolute atomic E-state index is 0.176. The van der Waals surface area contributed by atoms with Crippen molar-refractivity contribution >= 4 is 22.2 Å². The number of fused-ring (bicyclic) bond motifs is 3. The lowest BCUT2D eigenvalue weighted by molar-refractivity contribution is -0.141. The highest BCUT2D eigenvalue weighted by Gasteiger charge is 2.38. The molecule has 0 fully saturated rings. The summed E-state index contributed by atoms with van der Waals surface area (Å²) in [5.41, 5.74) is 0.579. The number of benzene rings is 1. The first-order valence-corrected chi connectivity index (χ1v) is 10.9. The van der Waals surface area contributed by atoms with Crippen LogP contribution in [0.4, 0.5) is 17.6 Å². The molecule has 1 aliphatic rings. The molecule has 0 aliphatic carbocycles. The molecule has 0 N–H and O–H groups in total. The molecule has 0 spiro atoms. The predicted molar refractivity (Wildman–Crippen MR) is 111 cm³/mol. The van der Waals surface area contributed by atoms with Crippen LogP contribution in [0.25, 0.3) is 4.96 Å². The molecule has 4 aromatic rings. The Labute approximate surface area is 189 Å². The Kier molecular flexibility index (Phi) is 5.28. The summed E-state index contributed by atoms with van der Waals surface area (Å²) in [6.45, 7) is -0.424. The topological polar surface area (TPSA) is 59.7 Å². The Morgan fingerprint density at radius 2 is 2.03 bits per heavy atom. The number of carbonyl (C=O) groups is 1. The van der Waals surface area contributed by atoms with E-state index in [1.165, 1.54) is 40.6 Å². The van der Waals surface area contributed by atoms with Gasteiger partial charge in [-0.25, -0.2) is 9.97 Å². The molecule has 33 heavy (non-hydrogen) atoms. The third kappa shape index (κ3) is 3.82. The molecule has 5 rings (SSSR count). The maximum atomic E-state index is 14.7. The fourth-order valence-corrected chi connectivity index (χ4v) is 4.80. The van der Waals surface area contributed by atoms with E-state index in [2.05, 4.69) is 9.97 Å². The number of rotatable bonds is 4. The first-order valence-electron chi connectivity index (χ1n) is 9.98. The van der Waals surface area contributed by atoms with Gasteiger partial charge >= 0.3 is 6.18 Å². The second-order valence-corrected chi connectivity index (χ2v) is 8.28. The van der Waals surface area contributed by atoms with Crippen molar-refractivity contribution in [2.45, 2.75) is 18.6 Å². The number of aromatic nitrogens is 3. The number of imidazole rings is 1. The standard InChI is InChI=1S/C22H16F4N4O2S/c23-20-13(4-3-8-27-20)18-19-15(28-21-30(19)10-11-33-21)7-9-29(18)17(31)12-32-16-6-2-1-5-14(16)22(24,25)26/h1-6,8,10-11,18H,7,9,12H2. The quantitative estimate of drug-likeness (QED) is 0.322. The Balaban J connectivity index is 1.49. The van der Waals surface area contributed by atoms with Gasteiger partial charge in [0.15, 0.2) is 11.6 Å². The molecule has 1 amide bonds. The zero-order valence-corrected chi connectivity index (χ0v) is 17.7. The van der Waals surface area contributed by atoms with Gasteiger partial charge in [-0.15, -0.1) is 11.3 Å². The summed E-state index contributed by atoms with van der Waals surface area (Å²) in [4.78, 5) is 23.6. The minimum Gasteiger partial charge on any atom is -0.483 e. The number of thiazole rings is 1. The van der Waals surface area contributed by atoms with Crippen LogP contribution in [-0.4, -0.2) is 38.3 Å². The van der Waals surface area contributed by atoms with Gasteiger partial charge in [0, 0.05) is 36.3 Å². The number of carbonyl (C=O) groups excluding carboxylic acids is 1. The summed E-state index contributed by atoms with van der Waals surface area (Å²) in [6, 6.07) is 6.95. The molecule has 6 nitrogen and oxygen atoms in total. The molecule has 0 saturated heterocycles. The summed E-state index contributed by atoms with van der Waals surface area (Å²) in [5.74, 6) is -1.75. The Morgan fingerprint density at radius 1 is 1.21 bits per heavy atom. The van der Waals surface area contributed by atoms with Gasteiger partial charge in [0.1, 0.15) is 11.8 Å². The average molecular weight is 476 g/mol. The van der Waals surface area contributed by atoms with Crippen molar-refractivity contribution in [3.8, 4) is 5.75 Å². The summed E-state index contributed by atoms with van der Waals surface area (Å²) >= 11 is 1.41. The monoisotopic (exact) mass is 476 g/mol. The number of pyridine rings is 1. The van der Waals surface area contributed by atoms with E-state index in [1.54, 1.807) is 16.7 Å². The van der Waals surface area contributed by atoms with E-state index in [-0.39, 0.29) is 12.1 Å². The molecule has 4 heterocycles. The molecule has 3 aromatic heterocycles. The van der Waals surface area contributed by atoms with Gasteiger partial charge in [-0.1, -0.05) is 18.2 Å². The van der Waals surface area contributed by atoms with Crippen molar-refractivity contribution in [1.29, 1.82) is 0 Å².